The van der Waals surface area contributed by atoms with Gasteiger partial charge < -0.3 is 10.1 Å². The summed E-state index contributed by atoms with van der Waals surface area (Å²) in [7, 11) is 1.74. The van der Waals surface area contributed by atoms with Crippen molar-refractivity contribution < 1.29 is 4.74 Å². The lowest BCUT2D eigenvalue weighted by Crippen LogP contribution is -2.48. The maximum Gasteiger partial charge on any atom is 0.0587 e. The molecule has 0 aromatic heterocycles. The number of methoxy groups -OCH3 is 1. The van der Waals surface area contributed by atoms with Crippen molar-refractivity contribution in [2.45, 2.75) is 45.2 Å². The van der Waals surface area contributed by atoms with Gasteiger partial charge in [0.15, 0.2) is 0 Å². The van der Waals surface area contributed by atoms with Gasteiger partial charge in [-0.1, -0.05) is 0 Å². The maximum atomic E-state index is 5.01. The second-order valence-corrected chi connectivity index (χ2v) is 5.16. The standard InChI is InChI=1S/C12H26N2O/c1-11(10-13-7-9-15-4)14-8-5-6-12(14,2)3/h11,13H,5-10H2,1-4H3. The van der Waals surface area contributed by atoms with E-state index in [2.05, 4.69) is 31.0 Å². The number of hydrogen-bond donors (Lipinski definition) is 1. The Morgan fingerprint density at radius 1 is 1.47 bits per heavy atom. The monoisotopic (exact) mass is 214 g/mol. The van der Waals surface area contributed by atoms with Crippen LogP contribution in [0.15, 0.2) is 0 Å². The summed E-state index contributed by atoms with van der Waals surface area (Å²) >= 11 is 0. The number of hydrogen-bond acceptors (Lipinski definition) is 3. The molecule has 0 aromatic carbocycles. The van der Waals surface area contributed by atoms with Gasteiger partial charge in [0.05, 0.1) is 6.61 Å². The highest BCUT2D eigenvalue weighted by atomic mass is 16.5. The Labute approximate surface area is 94.2 Å². The molecule has 90 valence electrons. The van der Waals surface area contributed by atoms with Gasteiger partial charge in [-0.2, -0.15) is 0 Å². The summed E-state index contributed by atoms with van der Waals surface area (Å²) in [6.45, 7) is 11.1. The third kappa shape index (κ3) is 3.74. The average molecular weight is 214 g/mol. The van der Waals surface area contributed by atoms with Crippen LogP contribution in [0.2, 0.25) is 0 Å². The Bertz CT molecular complexity index is 182. The summed E-state index contributed by atoms with van der Waals surface area (Å²) < 4.78 is 5.01. The summed E-state index contributed by atoms with van der Waals surface area (Å²) in [5, 5.41) is 3.43. The van der Waals surface area contributed by atoms with Crippen LogP contribution in [-0.4, -0.2) is 49.8 Å². The van der Waals surface area contributed by atoms with E-state index in [1.54, 1.807) is 7.11 Å². The first-order valence-corrected chi connectivity index (χ1v) is 6.04. The van der Waals surface area contributed by atoms with Crippen molar-refractivity contribution in [3.8, 4) is 0 Å². The maximum absolute atomic E-state index is 5.01. The highest BCUT2D eigenvalue weighted by Crippen LogP contribution is 2.29. The van der Waals surface area contributed by atoms with Crippen LogP contribution in [0.25, 0.3) is 0 Å². The van der Waals surface area contributed by atoms with E-state index >= 15 is 0 Å². The van der Waals surface area contributed by atoms with Gasteiger partial charge >= 0.3 is 0 Å². The fraction of sp³-hybridized carbons (Fsp3) is 1.00. The molecule has 1 saturated heterocycles. The molecule has 15 heavy (non-hydrogen) atoms. The van der Waals surface area contributed by atoms with Gasteiger partial charge in [-0.25, -0.2) is 0 Å². The average Bonchev–Trinajstić information content (AvgIpc) is 2.52. The van der Waals surface area contributed by atoms with E-state index in [9.17, 15) is 0 Å². The summed E-state index contributed by atoms with van der Waals surface area (Å²) in [6, 6.07) is 0.624. The third-order valence-corrected chi connectivity index (χ3v) is 3.42. The van der Waals surface area contributed by atoms with Crippen LogP contribution in [0.5, 0.6) is 0 Å². The van der Waals surface area contributed by atoms with Crippen LogP contribution in [0.3, 0.4) is 0 Å². The first kappa shape index (κ1) is 12.9. The normalized spacial score (nSPS) is 23.2. The van der Waals surface area contributed by atoms with Gasteiger partial charge in [0, 0.05) is 31.8 Å². The fourth-order valence-corrected chi connectivity index (χ4v) is 2.54. The Kier molecular flexibility index (Phi) is 5.03. The van der Waals surface area contributed by atoms with Gasteiger partial charge in [-0.3, -0.25) is 4.90 Å². The van der Waals surface area contributed by atoms with E-state index in [0.29, 0.717) is 11.6 Å². The van der Waals surface area contributed by atoms with Gasteiger partial charge in [-0.15, -0.1) is 0 Å². The lowest BCUT2D eigenvalue weighted by atomic mass is 10.0. The van der Waals surface area contributed by atoms with Crippen molar-refractivity contribution in [1.82, 2.24) is 10.2 Å². The molecule has 0 aliphatic carbocycles. The molecular formula is C12H26N2O. The molecule has 1 aliphatic heterocycles. The number of rotatable bonds is 6. The summed E-state index contributed by atoms with van der Waals surface area (Å²) in [6.07, 6.45) is 2.67. The number of ether oxygens (including phenoxy) is 1. The van der Waals surface area contributed by atoms with Crippen molar-refractivity contribution in [1.29, 1.82) is 0 Å². The fourth-order valence-electron chi connectivity index (χ4n) is 2.54. The molecule has 1 heterocycles. The van der Waals surface area contributed by atoms with Crippen molar-refractivity contribution in [3.05, 3.63) is 0 Å². The zero-order chi connectivity index (χ0) is 11.3. The lowest BCUT2D eigenvalue weighted by molar-refractivity contribution is 0.121. The first-order valence-electron chi connectivity index (χ1n) is 6.04. The largest absolute Gasteiger partial charge is 0.383 e. The molecule has 1 N–H and O–H groups in total. The van der Waals surface area contributed by atoms with Crippen molar-refractivity contribution >= 4 is 0 Å². The zero-order valence-electron chi connectivity index (χ0n) is 10.7. The number of likely N-dealkylation sites (tertiary alicyclic amines) is 1. The third-order valence-electron chi connectivity index (χ3n) is 3.42. The minimum atomic E-state index is 0.391. The molecule has 0 spiro atoms. The Balaban J connectivity index is 2.24. The second-order valence-electron chi connectivity index (χ2n) is 5.16. The quantitative estimate of drug-likeness (QED) is 0.678. The predicted molar refractivity (Wildman–Crippen MR) is 64.2 cm³/mol. The smallest absolute Gasteiger partial charge is 0.0587 e. The molecule has 0 radical (unpaired) electrons. The lowest BCUT2D eigenvalue weighted by Gasteiger charge is -2.36. The topological polar surface area (TPSA) is 24.5 Å². The van der Waals surface area contributed by atoms with Gasteiger partial charge in [0.2, 0.25) is 0 Å². The van der Waals surface area contributed by atoms with Crippen molar-refractivity contribution in [3.63, 3.8) is 0 Å². The van der Waals surface area contributed by atoms with E-state index in [0.717, 1.165) is 19.7 Å². The van der Waals surface area contributed by atoms with E-state index in [4.69, 9.17) is 4.74 Å². The molecule has 1 rings (SSSR count). The Hall–Kier alpha value is -0.120. The minimum absolute atomic E-state index is 0.391. The molecule has 0 saturated carbocycles. The van der Waals surface area contributed by atoms with Crippen LogP contribution in [0.4, 0.5) is 0 Å². The molecule has 1 unspecified atom stereocenters. The molecular weight excluding hydrogens is 188 g/mol. The predicted octanol–water partition coefficient (Wildman–Crippen LogP) is 1.49. The van der Waals surface area contributed by atoms with Gasteiger partial charge in [-0.05, 0) is 40.2 Å². The van der Waals surface area contributed by atoms with Crippen LogP contribution in [0.1, 0.15) is 33.6 Å². The van der Waals surface area contributed by atoms with Gasteiger partial charge in [0.1, 0.15) is 0 Å². The summed E-state index contributed by atoms with van der Waals surface area (Å²) in [4.78, 5) is 2.62. The first-order chi connectivity index (χ1) is 7.08. The van der Waals surface area contributed by atoms with E-state index in [1.165, 1.54) is 19.4 Å². The molecule has 0 bridgehead atoms. The van der Waals surface area contributed by atoms with Crippen LogP contribution >= 0.6 is 0 Å². The zero-order valence-corrected chi connectivity index (χ0v) is 10.7. The number of nitrogens with zero attached hydrogens (tertiary/aromatic N) is 1. The molecule has 1 aliphatic rings. The molecule has 0 amide bonds. The molecule has 1 fully saturated rings. The van der Waals surface area contributed by atoms with Gasteiger partial charge in [0.25, 0.3) is 0 Å². The summed E-state index contributed by atoms with van der Waals surface area (Å²) in [5.41, 5.74) is 0.391. The van der Waals surface area contributed by atoms with Crippen LogP contribution in [0, 0.1) is 0 Å². The van der Waals surface area contributed by atoms with E-state index in [1.807, 2.05) is 0 Å². The molecule has 3 nitrogen and oxygen atoms in total. The minimum Gasteiger partial charge on any atom is -0.383 e. The van der Waals surface area contributed by atoms with E-state index in [-0.39, 0.29) is 0 Å². The highest BCUT2D eigenvalue weighted by molar-refractivity contribution is 4.91. The van der Waals surface area contributed by atoms with Crippen LogP contribution in [-0.2, 0) is 4.74 Å². The summed E-state index contributed by atoms with van der Waals surface area (Å²) in [5.74, 6) is 0. The van der Waals surface area contributed by atoms with E-state index < -0.39 is 0 Å². The number of nitrogens with one attached hydrogen (secondary N) is 1. The molecule has 1 atom stereocenters. The SMILES string of the molecule is COCCNCC(C)N1CCCC1(C)C. The van der Waals surface area contributed by atoms with Crippen molar-refractivity contribution in [2.24, 2.45) is 0 Å². The molecule has 0 aromatic rings. The highest BCUT2D eigenvalue weighted by Gasteiger charge is 2.34. The molecule has 3 heteroatoms. The Morgan fingerprint density at radius 2 is 2.20 bits per heavy atom. The van der Waals surface area contributed by atoms with Crippen molar-refractivity contribution in [2.75, 3.05) is 33.4 Å². The Morgan fingerprint density at radius 3 is 2.73 bits per heavy atom. The van der Waals surface area contributed by atoms with Crippen LogP contribution < -0.4 is 5.32 Å². The second kappa shape index (κ2) is 5.83.